The van der Waals surface area contributed by atoms with Gasteiger partial charge in [0.25, 0.3) is 5.69 Å². The SMILES string of the molecule is O=C(C=Cc1ccc([N+](=O)[O-])cc1)Oc1cccnc1Br. The van der Waals surface area contributed by atoms with E-state index in [1.807, 2.05) is 0 Å². The molecular formula is C14H9BrN2O4. The zero-order valence-electron chi connectivity index (χ0n) is 10.6. The van der Waals surface area contributed by atoms with Crippen LogP contribution >= 0.6 is 15.9 Å². The van der Waals surface area contributed by atoms with Crippen LogP contribution in [-0.4, -0.2) is 15.9 Å². The molecule has 0 atom stereocenters. The summed E-state index contributed by atoms with van der Waals surface area (Å²) in [5, 5.41) is 10.5. The lowest BCUT2D eigenvalue weighted by molar-refractivity contribution is -0.384. The molecule has 1 aromatic heterocycles. The molecule has 0 aliphatic rings. The first kappa shape index (κ1) is 14.9. The lowest BCUT2D eigenvalue weighted by Crippen LogP contribution is -2.04. The zero-order chi connectivity index (χ0) is 15.2. The van der Waals surface area contributed by atoms with Crippen molar-refractivity contribution < 1.29 is 14.5 Å². The third-order valence-electron chi connectivity index (χ3n) is 2.45. The molecule has 0 aliphatic carbocycles. The molecule has 0 fully saturated rings. The Morgan fingerprint density at radius 1 is 1.29 bits per heavy atom. The van der Waals surface area contributed by atoms with Gasteiger partial charge < -0.3 is 4.74 Å². The maximum Gasteiger partial charge on any atom is 0.336 e. The third-order valence-corrected chi connectivity index (χ3v) is 3.05. The van der Waals surface area contributed by atoms with E-state index < -0.39 is 10.9 Å². The number of rotatable bonds is 4. The lowest BCUT2D eigenvalue weighted by Gasteiger charge is -2.02. The molecule has 0 N–H and O–H groups in total. The Morgan fingerprint density at radius 3 is 2.62 bits per heavy atom. The molecule has 0 spiro atoms. The predicted molar refractivity (Wildman–Crippen MR) is 79.7 cm³/mol. The molecule has 2 rings (SSSR count). The number of halogens is 1. The maximum absolute atomic E-state index is 11.6. The molecule has 0 unspecified atom stereocenters. The van der Waals surface area contributed by atoms with Crippen LogP contribution in [-0.2, 0) is 4.79 Å². The van der Waals surface area contributed by atoms with E-state index in [1.54, 1.807) is 30.5 Å². The predicted octanol–water partition coefficient (Wildman–Crippen LogP) is 3.37. The average Bonchev–Trinajstić information content (AvgIpc) is 2.48. The van der Waals surface area contributed by atoms with Gasteiger partial charge in [0, 0.05) is 24.4 Å². The Labute approximate surface area is 128 Å². The summed E-state index contributed by atoms with van der Waals surface area (Å²) in [6.07, 6.45) is 4.31. The summed E-state index contributed by atoms with van der Waals surface area (Å²) in [6, 6.07) is 9.07. The summed E-state index contributed by atoms with van der Waals surface area (Å²) in [6.45, 7) is 0. The van der Waals surface area contributed by atoms with Gasteiger partial charge >= 0.3 is 5.97 Å². The molecule has 21 heavy (non-hydrogen) atoms. The first-order valence-electron chi connectivity index (χ1n) is 5.81. The van der Waals surface area contributed by atoms with Crippen LogP contribution in [0.5, 0.6) is 5.75 Å². The van der Waals surface area contributed by atoms with Gasteiger partial charge in [-0.25, -0.2) is 9.78 Å². The number of nitro benzene ring substituents is 1. The summed E-state index contributed by atoms with van der Waals surface area (Å²) < 4.78 is 5.52. The van der Waals surface area contributed by atoms with Gasteiger partial charge in [-0.2, -0.15) is 0 Å². The van der Waals surface area contributed by atoms with Crippen LogP contribution in [0.3, 0.4) is 0 Å². The van der Waals surface area contributed by atoms with Crippen LogP contribution in [0.2, 0.25) is 0 Å². The topological polar surface area (TPSA) is 82.3 Å². The highest BCUT2D eigenvalue weighted by Crippen LogP contribution is 2.21. The normalized spacial score (nSPS) is 10.5. The van der Waals surface area contributed by atoms with Crippen molar-refractivity contribution in [2.75, 3.05) is 0 Å². The van der Waals surface area contributed by atoms with E-state index in [9.17, 15) is 14.9 Å². The Kier molecular flexibility index (Phi) is 4.78. The first-order valence-corrected chi connectivity index (χ1v) is 6.60. The van der Waals surface area contributed by atoms with Gasteiger partial charge in [0.05, 0.1) is 4.92 Å². The summed E-state index contributed by atoms with van der Waals surface area (Å²) in [5.41, 5.74) is 0.650. The molecule has 7 heteroatoms. The number of hydrogen-bond acceptors (Lipinski definition) is 5. The van der Waals surface area contributed by atoms with Gasteiger partial charge in [-0.3, -0.25) is 10.1 Å². The number of nitrogens with zero attached hydrogens (tertiary/aromatic N) is 2. The van der Waals surface area contributed by atoms with Crippen LogP contribution in [0.4, 0.5) is 5.69 Å². The minimum atomic E-state index is -0.568. The number of benzene rings is 1. The third kappa shape index (κ3) is 4.22. The van der Waals surface area contributed by atoms with Crippen molar-refractivity contribution in [3.63, 3.8) is 0 Å². The number of esters is 1. The monoisotopic (exact) mass is 348 g/mol. The van der Waals surface area contributed by atoms with Crippen molar-refractivity contribution in [1.29, 1.82) is 0 Å². The van der Waals surface area contributed by atoms with Crippen molar-refractivity contribution in [2.24, 2.45) is 0 Å². The van der Waals surface area contributed by atoms with E-state index in [4.69, 9.17) is 4.74 Å². The quantitative estimate of drug-likeness (QED) is 0.278. The second-order valence-corrected chi connectivity index (χ2v) is 4.65. The Bertz CT molecular complexity index is 698. The highest BCUT2D eigenvalue weighted by atomic mass is 79.9. The minimum absolute atomic E-state index is 0.00554. The molecule has 1 aromatic carbocycles. The fourth-order valence-electron chi connectivity index (χ4n) is 1.46. The molecular weight excluding hydrogens is 340 g/mol. The van der Waals surface area contributed by atoms with Crippen LogP contribution in [0, 0.1) is 10.1 Å². The second-order valence-electron chi connectivity index (χ2n) is 3.90. The van der Waals surface area contributed by atoms with E-state index in [0.717, 1.165) is 0 Å². The van der Waals surface area contributed by atoms with Gasteiger partial charge in [-0.1, -0.05) is 0 Å². The number of carbonyl (C=O) groups is 1. The highest BCUT2D eigenvalue weighted by molar-refractivity contribution is 9.10. The number of carbonyl (C=O) groups excluding carboxylic acids is 1. The highest BCUT2D eigenvalue weighted by Gasteiger charge is 2.06. The summed E-state index contributed by atoms with van der Waals surface area (Å²) in [7, 11) is 0. The number of ether oxygens (including phenoxy) is 1. The second kappa shape index (κ2) is 6.76. The van der Waals surface area contributed by atoms with Gasteiger partial charge in [-0.15, -0.1) is 0 Å². The molecule has 0 saturated heterocycles. The van der Waals surface area contributed by atoms with Crippen LogP contribution in [0.1, 0.15) is 5.56 Å². The summed E-state index contributed by atoms with van der Waals surface area (Å²) >= 11 is 3.17. The molecule has 6 nitrogen and oxygen atoms in total. The number of non-ortho nitro benzene ring substituents is 1. The van der Waals surface area contributed by atoms with E-state index in [0.29, 0.717) is 15.9 Å². The van der Waals surface area contributed by atoms with Crippen molar-refractivity contribution in [1.82, 2.24) is 4.98 Å². The summed E-state index contributed by atoms with van der Waals surface area (Å²) in [5.74, 6) is -0.252. The molecule has 1 heterocycles. The zero-order valence-corrected chi connectivity index (χ0v) is 12.2. The standard InChI is InChI=1S/C14H9BrN2O4/c15-14-12(2-1-9-16-14)21-13(18)8-5-10-3-6-11(7-4-10)17(19)20/h1-9H. The number of nitro groups is 1. The van der Waals surface area contributed by atoms with Crippen molar-refractivity contribution in [3.8, 4) is 5.75 Å². The number of aromatic nitrogens is 1. The van der Waals surface area contributed by atoms with E-state index in [1.165, 1.54) is 24.3 Å². The number of hydrogen-bond donors (Lipinski definition) is 0. The molecule has 0 amide bonds. The molecule has 106 valence electrons. The van der Waals surface area contributed by atoms with E-state index >= 15 is 0 Å². The van der Waals surface area contributed by atoms with Crippen molar-refractivity contribution in [2.45, 2.75) is 0 Å². The van der Waals surface area contributed by atoms with E-state index in [2.05, 4.69) is 20.9 Å². The average molecular weight is 349 g/mol. The Balaban J connectivity index is 2.02. The fourth-order valence-corrected chi connectivity index (χ4v) is 1.79. The van der Waals surface area contributed by atoms with Crippen LogP contribution < -0.4 is 4.74 Å². The molecule has 0 saturated carbocycles. The number of pyridine rings is 1. The van der Waals surface area contributed by atoms with Gasteiger partial charge in [0.2, 0.25) is 0 Å². The first-order chi connectivity index (χ1) is 10.1. The molecule has 0 radical (unpaired) electrons. The van der Waals surface area contributed by atoms with Gasteiger partial charge in [0.15, 0.2) is 5.75 Å². The van der Waals surface area contributed by atoms with Crippen molar-refractivity contribution >= 4 is 33.7 Å². The van der Waals surface area contributed by atoms with Gasteiger partial charge in [-0.05, 0) is 51.8 Å². The van der Waals surface area contributed by atoms with E-state index in [-0.39, 0.29) is 5.69 Å². The molecule has 0 bridgehead atoms. The van der Waals surface area contributed by atoms with Crippen molar-refractivity contribution in [3.05, 3.63) is 69.0 Å². The fraction of sp³-hybridized carbons (Fsp3) is 0. The maximum atomic E-state index is 11.6. The molecule has 0 aliphatic heterocycles. The Hall–Kier alpha value is -2.54. The molecule has 2 aromatic rings. The van der Waals surface area contributed by atoms with Crippen LogP contribution in [0.15, 0.2) is 53.3 Å². The summed E-state index contributed by atoms with van der Waals surface area (Å²) in [4.78, 5) is 25.6. The van der Waals surface area contributed by atoms with Crippen LogP contribution in [0.25, 0.3) is 6.08 Å². The van der Waals surface area contributed by atoms with Gasteiger partial charge in [0.1, 0.15) is 4.60 Å². The smallest absolute Gasteiger partial charge is 0.336 e. The Morgan fingerprint density at radius 2 is 2.00 bits per heavy atom. The lowest BCUT2D eigenvalue weighted by atomic mass is 10.2. The minimum Gasteiger partial charge on any atom is -0.420 e. The largest absolute Gasteiger partial charge is 0.420 e.